The highest BCUT2D eigenvalue weighted by Gasteiger charge is 2.34. The van der Waals surface area contributed by atoms with Crippen molar-refractivity contribution in [1.29, 1.82) is 5.26 Å². The quantitative estimate of drug-likeness (QED) is 0.695. The van der Waals surface area contributed by atoms with Gasteiger partial charge >= 0.3 is 0 Å². The van der Waals surface area contributed by atoms with Gasteiger partial charge in [0.25, 0.3) is 0 Å². The van der Waals surface area contributed by atoms with Crippen LogP contribution >= 0.6 is 11.3 Å². The van der Waals surface area contributed by atoms with Crippen LogP contribution < -0.4 is 4.90 Å². The molecule has 4 rings (SSSR count). The zero-order chi connectivity index (χ0) is 17.2. The van der Waals surface area contributed by atoms with Gasteiger partial charge in [-0.05, 0) is 30.9 Å². The molecule has 5 heteroatoms. The molecule has 3 aromatic rings. The molecule has 4 nitrogen and oxygen atoms in total. The number of aryl methyl sites for hydroxylation is 1. The van der Waals surface area contributed by atoms with Gasteiger partial charge in [0.2, 0.25) is 0 Å². The van der Waals surface area contributed by atoms with E-state index in [4.69, 9.17) is 0 Å². The lowest BCUT2D eigenvalue weighted by molar-refractivity contribution is 0.609. The largest absolute Gasteiger partial charge is 0.351 e. The van der Waals surface area contributed by atoms with Gasteiger partial charge in [0, 0.05) is 11.4 Å². The molecule has 0 amide bonds. The minimum atomic E-state index is -0.141. The number of rotatable bonds is 4. The molecule has 2 atom stereocenters. The average molecular weight is 348 g/mol. The van der Waals surface area contributed by atoms with Crippen LogP contribution in [0.25, 0.3) is 10.2 Å². The number of fused-ring (bicyclic) bond motifs is 1. The van der Waals surface area contributed by atoms with E-state index in [1.54, 1.807) is 17.7 Å². The summed E-state index contributed by atoms with van der Waals surface area (Å²) < 4.78 is 0. The molecule has 0 bridgehead atoms. The molecule has 2 unspecified atom stereocenters. The lowest BCUT2D eigenvalue weighted by Crippen LogP contribution is -2.34. The van der Waals surface area contributed by atoms with Crippen LogP contribution in [0.1, 0.15) is 36.1 Å². The monoisotopic (exact) mass is 348 g/mol. The molecule has 0 N–H and O–H groups in total. The zero-order valence-electron chi connectivity index (χ0n) is 14.2. The summed E-state index contributed by atoms with van der Waals surface area (Å²) >= 11 is 1.74. The summed E-state index contributed by atoms with van der Waals surface area (Å²) in [6.45, 7) is 3.11. The summed E-state index contributed by atoms with van der Waals surface area (Å²) in [6.07, 6.45) is 4.77. The maximum absolute atomic E-state index is 9.85. The Morgan fingerprint density at radius 1 is 1.32 bits per heavy atom. The first-order chi connectivity index (χ1) is 12.3. The van der Waals surface area contributed by atoms with Crippen molar-refractivity contribution in [2.24, 2.45) is 0 Å². The van der Waals surface area contributed by atoms with E-state index in [-0.39, 0.29) is 12.0 Å². The van der Waals surface area contributed by atoms with Gasteiger partial charge in [0.15, 0.2) is 0 Å². The third-order valence-electron chi connectivity index (χ3n) is 4.96. The van der Waals surface area contributed by atoms with Gasteiger partial charge < -0.3 is 4.90 Å². The molecule has 1 aromatic carbocycles. The molecule has 2 aromatic heterocycles. The molecular formula is C20H20N4S. The van der Waals surface area contributed by atoms with Crippen molar-refractivity contribution in [2.45, 2.75) is 38.1 Å². The van der Waals surface area contributed by atoms with Crippen LogP contribution in [0.3, 0.4) is 0 Å². The van der Waals surface area contributed by atoms with E-state index in [0.717, 1.165) is 47.4 Å². The van der Waals surface area contributed by atoms with E-state index in [2.05, 4.69) is 46.1 Å². The van der Waals surface area contributed by atoms with Gasteiger partial charge in [-0.1, -0.05) is 37.3 Å². The number of hydrogen-bond donors (Lipinski definition) is 0. The maximum Gasteiger partial charge on any atom is 0.141 e. The lowest BCUT2D eigenvalue weighted by atomic mass is 9.91. The third kappa shape index (κ3) is 2.87. The molecule has 1 saturated heterocycles. The van der Waals surface area contributed by atoms with E-state index >= 15 is 0 Å². The molecule has 3 heterocycles. The van der Waals surface area contributed by atoms with Crippen molar-refractivity contribution in [1.82, 2.24) is 9.97 Å². The minimum Gasteiger partial charge on any atom is -0.351 e. The summed E-state index contributed by atoms with van der Waals surface area (Å²) in [5.74, 6) is 0.845. The average Bonchev–Trinajstić information content (AvgIpc) is 3.29. The summed E-state index contributed by atoms with van der Waals surface area (Å²) in [5, 5.41) is 11.0. The summed E-state index contributed by atoms with van der Waals surface area (Å²) in [6, 6.07) is 15.0. The first-order valence-electron chi connectivity index (χ1n) is 8.76. The molecule has 25 heavy (non-hydrogen) atoms. The van der Waals surface area contributed by atoms with Crippen LogP contribution in [0.15, 0.2) is 42.7 Å². The zero-order valence-corrected chi connectivity index (χ0v) is 15.0. The summed E-state index contributed by atoms with van der Waals surface area (Å²) in [7, 11) is 0. The smallest absolute Gasteiger partial charge is 0.141 e. The number of aromatic nitrogens is 2. The molecule has 126 valence electrons. The molecule has 0 saturated carbocycles. The number of benzene rings is 1. The number of nitrogens with zero attached hydrogens (tertiary/aromatic N) is 4. The van der Waals surface area contributed by atoms with Crippen LogP contribution in [0.5, 0.6) is 0 Å². The van der Waals surface area contributed by atoms with Crippen molar-refractivity contribution in [3.8, 4) is 6.07 Å². The van der Waals surface area contributed by atoms with Crippen molar-refractivity contribution < 1.29 is 0 Å². The Labute approximate surface area is 151 Å². The molecule has 1 fully saturated rings. The minimum absolute atomic E-state index is 0.141. The Bertz CT molecular complexity index is 912. The van der Waals surface area contributed by atoms with Gasteiger partial charge in [0.05, 0.1) is 23.4 Å². The first-order valence-corrected chi connectivity index (χ1v) is 9.58. The van der Waals surface area contributed by atoms with Crippen LogP contribution in [-0.2, 0) is 6.42 Å². The van der Waals surface area contributed by atoms with Crippen molar-refractivity contribution in [3.63, 3.8) is 0 Å². The lowest BCUT2D eigenvalue weighted by Gasteiger charge is -2.29. The molecule has 0 aliphatic carbocycles. The molecule has 1 aliphatic rings. The summed E-state index contributed by atoms with van der Waals surface area (Å²) in [5.41, 5.74) is 1.09. The summed E-state index contributed by atoms with van der Waals surface area (Å²) in [4.78, 5) is 13.8. The van der Waals surface area contributed by atoms with E-state index in [0.29, 0.717) is 0 Å². The van der Waals surface area contributed by atoms with Gasteiger partial charge in [0.1, 0.15) is 17.0 Å². The van der Waals surface area contributed by atoms with Gasteiger partial charge in [-0.2, -0.15) is 5.26 Å². The number of nitriles is 1. The van der Waals surface area contributed by atoms with E-state index in [1.165, 1.54) is 4.88 Å². The third-order valence-corrected chi connectivity index (χ3v) is 6.15. The van der Waals surface area contributed by atoms with Crippen LogP contribution in [0, 0.1) is 11.3 Å². The standard InChI is InChI=1S/C20H20N4S/c1-2-15-11-16-19(22-13-23-20(16)25-15)24-10-6-9-18(24)17(12-21)14-7-4-3-5-8-14/h3-5,7-8,11,13,17-18H,2,6,9-10H2,1H3. The Hall–Kier alpha value is -2.45. The SMILES string of the molecule is CCc1cc2c(N3CCCC3C(C#N)c3ccccc3)ncnc2s1. The normalized spacial score (nSPS) is 18.4. The van der Waals surface area contributed by atoms with Crippen LogP contribution in [-0.4, -0.2) is 22.6 Å². The second-order valence-electron chi connectivity index (χ2n) is 6.40. The first kappa shape index (κ1) is 16.0. The fourth-order valence-electron chi connectivity index (χ4n) is 3.74. The predicted octanol–water partition coefficient (Wildman–Crippen LogP) is 4.53. The van der Waals surface area contributed by atoms with E-state index in [9.17, 15) is 5.26 Å². The highest BCUT2D eigenvalue weighted by molar-refractivity contribution is 7.18. The van der Waals surface area contributed by atoms with Crippen LogP contribution in [0.2, 0.25) is 0 Å². The maximum atomic E-state index is 9.85. The Morgan fingerprint density at radius 3 is 2.92 bits per heavy atom. The number of hydrogen-bond acceptors (Lipinski definition) is 5. The fourth-order valence-corrected chi connectivity index (χ4v) is 4.67. The number of anilines is 1. The molecule has 0 spiro atoms. The number of thiophene rings is 1. The van der Waals surface area contributed by atoms with Crippen LogP contribution in [0.4, 0.5) is 5.82 Å². The second-order valence-corrected chi connectivity index (χ2v) is 7.52. The molecule has 0 radical (unpaired) electrons. The Balaban J connectivity index is 1.75. The second kappa shape index (κ2) is 6.81. The van der Waals surface area contributed by atoms with Crippen molar-refractivity contribution >= 4 is 27.4 Å². The molecule has 1 aliphatic heterocycles. The topological polar surface area (TPSA) is 52.8 Å². The Kier molecular flexibility index (Phi) is 4.37. The highest BCUT2D eigenvalue weighted by atomic mass is 32.1. The van der Waals surface area contributed by atoms with E-state index in [1.807, 2.05) is 18.2 Å². The van der Waals surface area contributed by atoms with Gasteiger partial charge in [-0.25, -0.2) is 9.97 Å². The molecular weight excluding hydrogens is 328 g/mol. The fraction of sp³-hybridized carbons (Fsp3) is 0.350. The highest BCUT2D eigenvalue weighted by Crippen LogP contribution is 2.38. The van der Waals surface area contributed by atoms with E-state index < -0.39 is 0 Å². The van der Waals surface area contributed by atoms with Gasteiger partial charge in [-0.15, -0.1) is 11.3 Å². The predicted molar refractivity (Wildman–Crippen MR) is 102 cm³/mol. The van der Waals surface area contributed by atoms with Crippen molar-refractivity contribution in [2.75, 3.05) is 11.4 Å². The van der Waals surface area contributed by atoms with Gasteiger partial charge in [-0.3, -0.25) is 0 Å². The van der Waals surface area contributed by atoms with Crippen molar-refractivity contribution in [3.05, 3.63) is 53.2 Å². The Morgan fingerprint density at radius 2 is 2.16 bits per heavy atom.